The third-order valence-electron chi connectivity index (χ3n) is 3.99. The molecule has 0 aromatic carbocycles. The molecule has 0 aliphatic heterocycles. The zero-order valence-corrected chi connectivity index (χ0v) is 12.0. The molecule has 1 amide bonds. The monoisotopic (exact) mass is 280 g/mol. The van der Waals surface area contributed by atoms with Crippen molar-refractivity contribution in [2.75, 3.05) is 6.54 Å². The molecular formula is C14H24N4O2. The van der Waals surface area contributed by atoms with E-state index in [1.54, 1.807) is 24.1 Å². The molecule has 1 aliphatic carbocycles. The average molecular weight is 280 g/mol. The van der Waals surface area contributed by atoms with Gasteiger partial charge in [0.1, 0.15) is 6.04 Å². The maximum atomic E-state index is 12.0. The van der Waals surface area contributed by atoms with Gasteiger partial charge in [-0.2, -0.15) is 5.10 Å². The SMILES string of the molecule is Cn1cc(C(N)C(=O)NCC2(O)CCCCCC2)cn1. The maximum absolute atomic E-state index is 12.0. The number of aliphatic hydroxyl groups is 1. The Labute approximate surface area is 119 Å². The van der Waals surface area contributed by atoms with Gasteiger partial charge in [0.05, 0.1) is 11.8 Å². The summed E-state index contributed by atoms with van der Waals surface area (Å²) in [4.78, 5) is 12.0. The lowest BCUT2D eigenvalue weighted by molar-refractivity contribution is -0.123. The Hall–Kier alpha value is -1.40. The van der Waals surface area contributed by atoms with E-state index in [1.807, 2.05) is 0 Å². The second-order valence-electron chi connectivity index (χ2n) is 5.78. The highest BCUT2D eigenvalue weighted by Gasteiger charge is 2.29. The van der Waals surface area contributed by atoms with Crippen molar-refractivity contribution in [3.8, 4) is 0 Å². The van der Waals surface area contributed by atoms with E-state index in [4.69, 9.17) is 5.73 Å². The van der Waals surface area contributed by atoms with Gasteiger partial charge in [-0.25, -0.2) is 0 Å². The standard InChI is InChI=1S/C14H24N4O2/c1-18-9-11(8-17-18)12(15)13(19)16-10-14(20)6-4-2-3-5-7-14/h8-9,12,20H,2-7,10,15H2,1H3,(H,16,19). The van der Waals surface area contributed by atoms with Gasteiger partial charge in [-0.05, 0) is 12.8 Å². The lowest BCUT2D eigenvalue weighted by atomic mass is 9.94. The molecule has 4 N–H and O–H groups in total. The van der Waals surface area contributed by atoms with Crippen LogP contribution in [0.15, 0.2) is 12.4 Å². The fraction of sp³-hybridized carbons (Fsp3) is 0.714. The highest BCUT2D eigenvalue weighted by atomic mass is 16.3. The molecule has 112 valence electrons. The normalized spacial score (nSPS) is 20.1. The fourth-order valence-corrected chi connectivity index (χ4v) is 2.68. The van der Waals surface area contributed by atoms with Crippen molar-refractivity contribution in [3.63, 3.8) is 0 Å². The minimum atomic E-state index is -0.777. The first-order valence-electron chi connectivity index (χ1n) is 7.24. The average Bonchev–Trinajstić information content (AvgIpc) is 2.74. The van der Waals surface area contributed by atoms with Crippen LogP contribution in [-0.4, -0.2) is 32.9 Å². The van der Waals surface area contributed by atoms with Gasteiger partial charge in [0.15, 0.2) is 0 Å². The van der Waals surface area contributed by atoms with Crippen molar-refractivity contribution < 1.29 is 9.90 Å². The molecule has 0 spiro atoms. The number of hydrogen-bond acceptors (Lipinski definition) is 4. The zero-order chi connectivity index (χ0) is 14.6. The van der Waals surface area contributed by atoms with E-state index >= 15 is 0 Å². The minimum absolute atomic E-state index is 0.268. The Morgan fingerprint density at radius 2 is 2.15 bits per heavy atom. The van der Waals surface area contributed by atoms with E-state index < -0.39 is 11.6 Å². The quantitative estimate of drug-likeness (QED) is 0.705. The van der Waals surface area contributed by atoms with Crippen molar-refractivity contribution in [1.82, 2.24) is 15.1 Å². The highest BCUT2D eigenvalue weighted by molar-refractivity contribution is 5.82. The van der Waals surface area contributed by atoms with Crippen LogP contribution < -0.4 is 11.1 Å². The Bertz CT molecular complexity index is 450. The van der Waals surface area contributed by atoms with E-state index in [0.29, 0.717) is 5.56 Å². The van der Waals surface area contributed by atoms with Gasteiger partial charge >= 0.3 is 0 Å². The summed E-state index contributed by atoms with van der Waals surface area (Å²) in [7, 11) is 1.78. The van der Waals surface area contributed by atoms with Crippen LogP contribution >= 0.6 is 0 Å². The Balaban J connectivity index is 1.87. The summed E-state index contributed by atoms with van der Waals surface area (Å²) in [6, 6.07) is -0.738. The molecule has 0 bridgehead atoms. The van der Waals surface area contributed by atoms with Crippen LogP contribution in [0.4, 0.5) is 0 Å². The van der Waals surface area contributed by atoms with Crippen molar-refractivity contribution in [2.24, 2.45) is 12.8 Å². The van der Waals surface area contributed by atoms with Gasteiger partial charge < -0.3 is 16.2 Å². The van der Waals surface area contributed by atoms with Crippen molar-refractivity contribution in [3.05, 3.63) is 18.0 Å². The number of rotatable bonds is 4. The van der Waals surface area contributed by atoms with Gasteiger partial charge in [0, 0.05) is 25.4 Å². The molecule has 2 rings (SSSR count). The number of carbonyl (C=O) groups excluding carboxylic acids is 1. The van der Waals surface area contributed by atoms with Crippen LogP contribution in [0.3, 0.4) is 0 Å². The van der Waals surface area contributed by atoms with Crippen molar-refractivity contribution in [1.29, 1.82) is 0 Å². The van der Waals surface area contributed by atoms with Crippen LogP contribution in [-0.2, 0) is 11.8 Å². The lowest BCUT2D eigenvalue weighted by Gasteiger charge is -2.27. The third kappa shape index (κ3) is 3.80. The smallest absolute Gasteiger partial charge is 0.241 e. The Morgan fingerprint density at radius 1 is 1.50 bits per heavy atom. The van der Waals surface area contributed by atoms with Gasteiger partial charge in [-0.1, -0.05) is 25.7 Å². The molecule has 6 nitrogen and oxygen atoms in total. The maximum Gasteiger partial charge on any atom is 0.241 e. The minimum Gasteiger partial charge on any atom is -0.388 e. The van der Waals surface area contributed by atoms with Crippen molar-refractivity contribution in [2.45, 2.75) is 50.2 Å². The molecule has 1 saturated carbocycles. The number of hydrogen-bond donors (Lipinski definition) is 3. The number of nitrogens with one attached hydrogen (secondary N) is 1. The molecule has 1 heterocycles. The molecule has 0 radical (unpaired) electrons. The molecule has 1 unspecified atom stereocenters. The number of aromatic nitrogens is 2. The number of aryl methyl sites for hydroxylation is 1. The summed E-state index contributed by atoms with van der Waals surface area (Å²) < 4.78 is 1.61. The fourth-order valence-electron chi connectivity index (χ4n) is 2.68. The first kappa shape index (κ1) is 15.0. The molecule has 1 atom stereocenters. The second kappa shape index (κ2) is 6.37. The van der Waals surface area contributed by atoms with Crippen LogP contribution in [0.1, 0.15) is 50.1 Å². The van der Waals surface area contributed by atoms with Gasteiger partial charge in [-0.15, -0.1) is 0 Å². The van der Waals surface area contributed by atoms with E-state index in [-0.39, 0.29) is 12.5 Å². The molecule has 0 saturated heterocycles. The summed E-state index contributed by atoms with van der Waals surface area (Å²) in [5.74, 6) is -0.268. The number of nitrogens with zero attached hydrogens (tertiary/aromatic N) is 2. The van der Waals surface area contributed by atoms with E-state index in [1.165, 1.54) is 0 Å². The van der Waals surface area contributed by atoms with Crippen molar-refractivity contribution >= 4 is 5.91 Å². The summed E-state index contributed by atoms with van der Waals surface area (Å²) in [6.45, 7) is 0.278. The molecule has 1 aromatic rings. The molecule has 1 aromatic heterocycles. The second-order valence-corrected chi connectivity index (χ2v) is 5.78. The lowest BCUT2D eigenvalue weighted by Crippen LogP contribution is -2.45. The third-order valence-corrected chi connectivity index (χ3v) is 3.99. The largest absolute Gasteiger partial charge is 0.388 e. The predicted molar refractivity (Wildman–Crippen MR) is 75.8 cm³/mol. The highest BCUT2D eigenvalue weighted by Crippen LogP contribution is 2.26. The van der Waals surface area contributed by atoms with Crippen LogP contribution in [0.2, 0.25) is 0 Å². The number of amides is 1. The Kier molecular flexibility index (Phi) is 4.77. The van der Waals surface area contributed by atoms with Crippen LogP contribution in [0.5, 0.6) is 0 Å². The summed E-state index contributed by atoms with van der Waals surface area (Å²) >= 11 is 0. The van der Waals surface area contributed by atoms with E-state index in [0.717, 1.165) is 38.5 Å². The first-order valence-corrected chi connectivity index (χ1v) is 7.24. The summed E-state index contributed by atoms with van der Waals surface area (Å²) in [5.41, 5.74) is 5.80. The molecule has 1 fully saturated rings. The van der Waals surface area contributed by atoms with Gasteiger partial charge in [-0.3, -0.25) is 9.48 Å². The predicted octanol–water partition coefficient (Wildman–Crippen LogP) is 0.621. The van der Waals surface area contributed by atoms with E-state index in [9.17, 15) is 9.90 Å². The van der Waals surface area contributed by atoms with E-state index in [2.05, 4.69) is 10.4 Å². The first-order chi connectivity index (χ1) is 9.50. The number of nitrogens with two attached hydrogens (primary N) is 1. The molecule has 6 heteroatoms. The molecule has 20 heavy (non-hydrogen) atoms. The molecular weight excluding hydrogens is 256 g/mol. The van der Waals surface area contributed by atoms with Crippen LogP contribution in [0.25, 0.3) is 0 Å². The molecule has 1 aliphatic rings. The van der Waals surface area contributed by atoms with Crippen LogP contribution in [0, 0.1) is 0 Å². The topological polar surface area (TPSA) is 93.2 Å². The van der Waals surface area contributed by atoms with Gasteiger partial charge in [0.25, 0.3) is 0 Å². The number of carbonyl (C=O) groups is 1. The summed E-state index contributed by atoms with van der Waals surface area (Å²) in [5, 5.41) is 17.3. The van der Waals surface area contributed by atoms with Gasteiger partial charge in [0.2, 0.25) is 5.91 Å². The Morgan fingerprint density at radius 3 is 2.70 bits per heavy atom. The summed E-state index contributed by atoms with van der Waals surface area (Å²) in [6.07, 6.45) is 9.15. The zero-order valence-electron chi connectivity index (χ0n) is 12.0.